The maximum atomic E-state index is 13.3. The molecule has 0 fully saturated rings. The van der Waals surface area contributed by atoms with E-state index in [1.54, 1.807) is 24.3 Å². The average molecular weight is 390 g/mol. The van der Waals surface area contributed by atoms with Gasteiger partial charge in [0, 0.05) is 5.02 Å². The third-order valence-electron chi connectivity index (χ3n) is 4.09. The molecule has 0 saturated carbocycles. The van der Waals surface area contributed by atoms with Gasteiger partial charge in [-0.3, -0.25) is 4.31 Å². The summed E-state index contributed by atoms with van der Waals surface area (Å²) in [6, 6.07) is 20.3. The lowest BCUT2D eigenvalue weighted by Crippen LogP contribution is -2.33. The second-order valence-corrected chi connectivity index (χ2v) is 8.07. The number of sulfonamides is 1. The Morgan fingerprint density at radius 1 is 0.885 bits per heavy atom. The van der Waals surface area contributed by atoms with Crippen molar-refractivity contribution in [1.82, 2.24) is 0 Å². The van der Waals surface area contributed by atoms with Gasteiger partial charge in [-0.05, 0) is 61.0 Å². The molecule has 1 atom stereocenters. The highest BCUT2D eigenvalue weighted by Gasteiger charge is 2.30. The van der Waals surface area contributed by atoms with Crippen molar-refractivity contribution in [3.8, 4) is 0 Å². The van der Waals surface area contributed by atoms with Gasteiger partial charge in [-0.2, -0.15) is 0 Å². The van der Waals surface area contributed by atoms with Crippen LogP contribution in [0.5, 0.6) is 0 Å². The van der Waals surface area contributed by atoms with Crippen molar-refractivity contribution in [3.05, 3.63) is 95.3 Å². The van der Waals surface area contributed by atoms with Crippen LogP contribution in [0.2, 0.25) is 5.02 Å². The summed E-state index contributed by atoms with van der Waals surface area (Å²) < 4.78 is 41.2. The van der Waals surface area contributed by atoms with Gasteiger partial charge in [-0.15, -0.1) is 0 Å². The first-order valence-corrected chi connectivity index (χ1v) is 9.82. The fourth-order valence-corrected chi connectivity index (χ4v) is 4.52. The number of benzene rings is 3. The van der Waals surface area contributed by atoms with Crippen molar-refractivity contribution >= 4 is 27.3 Å². The standard InChI is InChI=1S/C20H17ClFNO2S/c1-15(16-5-3-2-4-6-16)23(19-11-7-17(21)8-12-19)26(24,25)20-13-9-18(22)10-14-20/h2-15H,1H3/t15-/m1/s1. The Morgan fingerprint density at radius 2 is 1.46 bits per heavy atom. The molecule has 0 radical (unpaired) electrons. The Labute approximate surface area is 157 Å². The van der Waals surface area contributed by atoms with Crippen LogP contribution >= 0.6 is 11.6 Å². The van der Waals surface area contributed by atoms with Gasteiger partial charge in [0.05, 0.1) is 16.6 Å². The van der Waals surface area contributed by atoms with Crippen LogP contribution in [0.1, 0.15) is 18.5 Å². The molecule has 26 heavy (non-hydrogen) atoms. The van der Waals surface area contributed by atoms with Gasteiger partial charge < -0.3 is 0 Å². The van der Waals surface area contributed by atoms with Gasteiger partial charge in [0.25, 0.3) is 10.0 Å². The van der Waals surface area contributed by atoms with E-state index in [4.69, 9.17) is 11.6 Å². The second-order valence-electron chi connectivity index (χ2n) is 5.82. The molecule has 0 aliphatic carbocycles. The number of hydrogen-bond acceptors (Lipinski definition) is 2. The van der Waals surface area contributed by atoms with Crippen LogP contribution in [0.15, 0.2) is 83.8 Å². The van der Waals surface area contributed by atoms with Crippen molar-refractivity contribution in [3.63, 3.8) is 0 Å². The van der Waals surface area contributed by atoms with Gasteiger partial charge in [0.1, 0.15) is 5.82 Å². The van der Waals surface area contributed by atoms with Crippen molar-refractivity contribution in [2.75, 3.05) is 4.31 Å². The highest BCUT2D eigenvalue weighted by Crippen LogP contribution is 2.33. The predicted molar refractivity (Wildman–Crippen MR) is 102 cm³/mol. The molecule has 3 rings (SSSR count). The lowest BCUT2D eigenvalue weighted by molar-refractivity contribution is 0.582. The SMILES string of the molecule is C[C@H](c1ccccc1)N(c1ccc(Cl)cc1)S(=O)(=O)c1ccc(F)cc1. The molecular formula is C20H17ClFNO2S. The molecule has 0 N–H and O–H groups in total. The zero-order valence-electron chi connectivity index (χ0n) is 14.0. The summed E-state index contributed by atoms with van der Waals surface area (Å²) in [5, 5.41) is 0.514. The van der Waals surface area contributed by atoms with E-state index in [9.17, 15) is 12.8 Å². The molecule has 0 heterocycles. The fraction of sp³-hybridized carbons (Fsp3) is 0.100. The Morgan fingerprint density at radius 3 is 2.04 bits per heavy atom. The lowest BCUT2D eigenvalue weighted by atomic mass is 10.1. The maximum Gasteiger partial charge on any atom is 0.264 e. The monoisotopic (exact) mass is 389 g/mol. The highest BCUT2D eigenvalue weighted by atomic mass is 35.5. The molecule has 0 aliphatic heterocycles. The minimum Gasteiger partial charge on any atom is -0.259 e. The molecule has 0 aromatic heterocycles. The van der Waals surface area contributed by atoms with E-state index in [1.165, 1.54) is 16.4 Å². The Kier molecular flexibility index (Phi) is 5.30. The van der Waals surface area contributed by atoms with E-state index in [0.29, 0.717) is 10.7 Å². The van der Waals surface area contributed by atoms with E-state index in [2.05, 4.69) is 0 Å². The number of hydrogen-bond donors (Lipinski definition) is 0. The smallest absolute Gasteiger partial charge is 0.259 e. The van der Waals surface area contributed by atoms with E-state index in [-0.39, 0.29) is 4.90 Å². The van der Waals surface area contributed by atoms with Crippen molar-refractivity contribution in [2.24, 2.45) is 0 Å². The molecule has 0 saturated heterocycles. The van der Waals surface area contributed by atoms with Crippen LogP contribution in [0.25, 0.3) is 0 Å². The second kappa shape index (κ2) is 7.48. The number of rotatable bonds is 5. The largest absolute Gasteiger partial charge is 0.264 e. The first-order valence-electron chi connectivity index (χ1n) is 8.00. The van der Waals surface area contributed by atoms with E-state index in [0.717, 1.165) is 17.7 Å². The summed E-state index contributed by atoms with van der Waals surface area (Å²) in [5.41, 5.74) is 1.32. The normalized spacial score (nSPS) is 12.6. The summed E-state index contributed by atoms with van der Waals surface area (Å²) >= 11 is 5.95. The predicted octanol–water partition coefficient (Wildman–Crippen LogP) is 5.44. The zero-order chi connectivity index (χ0) is 18.7. The molecule has 3 aromatic rings. The highest BCUT2D eigenvalue weighted by molar-refractivity contribution is 7.92. The molecule has 3 aromatic carbocycles. The van der Waals surface area contributed by atoms with Crippen molar-refractivity contribution in [2.45, 2.75) is 17.9 Å². The molecular weight excluding hydrogens is 373 g/mol. The molecule has 0 unspecified atom stereocenters. The van der Waals surface area contributed by atoms with Gasteiger partial charge in [-0.1, -0.05) is 41.9 Å². The van der Waals surface area contributed by atoms with E-state index >= 15 is 0 Å². The minimum absolute atomic E-state index is 0.0247. The van der Waals surface area contributed by atoms with Crippen LogP contribution < -0.4 is 4.31 Å². The van der Waals surface area contributed by atoms with Crippen LogP contribution in [0.4, 0.5) is 10.1 Å². The third-order valence-corrected chi connectivity index (χ3v) is 6.25. The van der Waals surface area contributed by atoms with E-state index < -0.39 is 21.9 Å². The van der Waals surface area contributed by atoms with Crippen LogP contribution in [0.3, 0.4) is 0 Å². The minimum atomic E-state index is -3.91. The number of anilines is 1. The summed E-state index contributed by atoms with van der Waals surface area (Å²) in [6.45, 7) is 1.81. The van der Waals surface area contributed by atoms with Crippen LogP contribution in [0, 0.1) is 5.82 Å². The zero-order valence-corrected chi connectivity index (χ0v) is 15.6. The van der Waals surface area contributed by atoms with Gasteiger partial charge in [-0.25, -0.2) is 12.8 Å². The molecule has 3 nitrogen and oxygen atoms in total. The summed E-state index contributed by atoms with van der Waals surface area (Å²) in [4.78, 5) is 0.0247. The summed E-state index contributed by atoms with van der Waals surface area (Å²) in [6.07, 6.45) is 0. The van der Waals surface area contributed by atoms with Crippen molar-refractivity contribution < 1.29 is 12.8 Å². The molecule has 0 spiro atoms. The summed E-state index contributed by atoms with van der Waals surface area (Å²) in [5.74, 6) is -0.488. The number of nitrogens with zero attached hydrogens (tertiary/aromatic N) is 1. The summed E-state index contributed by atoms with van der Waals surface area (Å²) in [7, 11) is -3.91. The molecule has 0 amide bonds. The van der Waals surface area contributed by atoms with E-state index in [1.807, 2.05) is 37.3 Å². The topological polar surface area (TPSA) is 37.4 Å². The van der Waals surface area contributed by atoms with Gasteiger partial charge >= 0.3 is 0 Å². The lowest BCUT2D eigenvalue weighted by Gasteiger charge is -2.31. The average Bonchev–Trinajstić information content (AvgIpc) is 2.64. The quantitative estimate of drug-likeness (QED) is 0.583. The third kappa shape index (κ3) is 3.74. The number of halogens is 2. The molecule has 6 heteroatoms. The van der Waals surface area contributed by atoms with Crippen molar-refractivity contribution in [1.29, 1.82) is 0 Å². The van der Waals surface area contributed by atoms with Gasteiger partial charge in [0.2, 0.25) is 0 Å². The Balaban J connectivity index is 2.13. The molecule has 0 bridgehead atoms. The molecule has 134 valence electrons. The maximum absolute atomic E-state index is 13.3. The van der Waals surface area contributed by atoms with Crippen LogP contribution in [-0.2, 0) is 10.0 Å². The molecule has 0 aliphatic rings. The Bertz CT molecular complexity index is 975. The first-order chi connectivity index (χ1) is 12.4. The van der Waals surface area contributed by atoms with Crippen LogP contribution in [-0.4, -0.2) is 8.42 Å². The fourth-order valence-electron chi connectivity index (χ4n) is 2.75. The first kappa shape index (κ1) is 18.4. The Hall–Kier alpha value is -2.37. The van der Waals surface area contributed by atoms with Gasteiger partial charge in [0.15, 0.2) is 0 Å².